The number of nitrogens with zero attached hydrogens (tertiary/aromatic N) is 6. The van der Waals surface area contributed by atoms with E-state index in [1.165, 1.54) is 11.9 Å². The summed E-state index contributed by atoms with van der Waals surface area (Å²) in [7, 11) is 0. The molecule has 9 nitrogen and oxygen atoms in total. The molecule has 9 heteroatoms. The summed E-state index contributed by atoms with van der Waals surface area (Å²) in [6.07, 6.45) is 4.54. The van der Waals surface area contributed by atoms with Crippen LogP contribution in [0.4, 0.5) is 0 Å². The van der Waals surface area contributed by atoms with Crippen molar-refractivity contribution in [2.45, 2.75) is 19.4 Å². The second kappa shape index (κ2) is 9.56. The van der Waals surface area contributed by atoms with Crippen LogP contribution in [0.2, 0.25) is 0 Å². The second-order valence-corrected chi connectivity index (χ2v) is 8.56. The Bertz CT molecular complexity index is 1220. The minimum absolute atomic E-state index is 0.126. The van der Waals surface area contributed by atoms with E-state index in [0.29, 0.717) is 18.6 Å². The van der Waals surface area contributed by atoms with Crippen molar-refractivity contribution in [3.05, 3.63) is 77.1 Å². The molecule has 2 aliphatic heterocycles. The Hall–Kier alpha value is -3.85. The fourth-order valence-corrected chi connectivity index (χ4v) is 4.48. The highest BCUT2D eigenvalue weighted by atomic mass is 16.5. The summed E-state index contributed by atoms with van der Waals surface area (Å²) in [5.74, 6) is -0.104. The lowest BCUT2D eigenvalue weighted by Gasteiger charge is -2.35. The number of ether oxygens (including phenoxy) is 1. The van der Waals surface area contributed by atoms with Gasteiger partial charge in [0.2, 0.25) is 5.91 Å². The predicted molar refractivity (Wildman–Crippen MR) is 125 cm³/mol. The highest BCUT2D eigenvalue weighted by molar-refractivity contribution is 5.93. The highest BCUT2D eigenvalue weighted by Crippen LogP contribution is 2.22. The van der Waals surface area contributed by atoms with E-state index in [9.17, 15) is 9.59 Å². The molecule has 1 saturated heterocycles. The molecule has 0 spiro atoms. The van der Waals surface area contributed by atoms with Crippen molar-refractivity contribution in [3.8, 4) is 5.69 Å². The Balaban J connectivity index is 1.13. The van der Waals surface area contributed by atoms with Gasteiger partial charge in [-0.25, -0.2) is 9.48 Å². The van der Waals surface area contributed by atoms with E-state index in [-0.39, 0.29) is 11.9 Å². The van der Waals surface area contributed by atoms with Gasteiger partial charge in [0.25, 0.3) is 0 Å². The average molecular weight is 459 g/mol. The van der Waals surface area contributed by atoms with Gasteiger partial charge in [0, 0.05) is 38.3 Å². The third-order valence-electron chi connectivity index (χ3n) is 6.49. The van der Waals surface area contributed by atoms with Crippen molar-refractivity contribution >= 4 is 18.0 Å². The van der Waals surface area contributed by atoms with Crippen LogP contribution in [0.3, 0.4) is 0 Å². The lowest BCUT2D eigenvalue weighted by Crippen LogP contribution is -2.49. The molecule has 5 rings (SSSR count). The van der Waals surface area contributed by atoms with Gasteiger partial charge in [-0.2, -0.15) is 0 Å². The number of benzene rings is 2. The van der Waals surface area contributed by atoms with Gasteiger partial charge in [-0.15, -0.1) is 5.10 Å². The number of hydrogen-bond acceptors (Lipinski definition) is 7. The Morgan fingerprint density at radius 1 is 1.12 bits per heavy atom. The van der Waals surface area contributed by atoms with E-state index in [0.717, 1.165) is 61.5 Å². The number of carbonyl (C=O) groups excluding carboxylic acids is 2. The average Bonchev–Trinajstić information content (AvgIpc) is 3.53. The van der Waals surface area contributed by atoms with Gasteiger partial charge in [-0.05, 0) is 51.7 Å². The molecule has 0 aliphatic carbocycles. The minimum Gasteiger partial charge on any atom is -0.457 e. The van der Waals surface area contributed by atoms with Crippen molar-refractivity contribution in [2.24, 2.45) is 0 Å². The minimum atomic E-state index is -0.231. The molecule has 34 heavy (non-hydrogen) atoms. The molecular weight excluding hydrogens is 432 g/mol. The molecule has 0 atom stereocenters. The number of tetrazole rings is 1. The van der Waals surface area contributed by atoms with Crippen LogP contribution in [0.25, 0.3) is 11.8 Å². The molecule has 1 amide bonds. The van der Waals surface area contributed by atoms with E-state index in [2.05, 4.69) is 33.1 Å². The maximum Gasteiger partial charge on any atom is 0.338 e. The predicted octanol–water partition coefficient (Wildman–Crippen LogP) is 1.91. The molecule has 0 radical (unpaired) electrons. The Kier molecular flexibility index (Phi) is 6.18. The smallest absolute Gasteiger partial charge is 0.338 e. The number of hydrogen-bond donors (Lipinski definition) is 0. The largest absolute Gasteiger partial charge is 0.457 e. The number of aromatic nitrogens is 4. The number of esters is 1. The fraction of sp³-hybridized carbons (Fsp3) is 0.320. The molecule has 1 aromatic heterocycles. The summed E-state index contributed by atoms with van der Waals surface area (Å²) >= 11 is 0. The van der Waals surface area contributed by atoms with Gasteiger partial charge in [-0.3, -0.25) is 9.69 Å². The van der Waals surface area contributed by atoms with Crippen molar-refractivity contribution in [1.29, 1.82) is 0 Å². The molecule has 3 heterocycles. The quantitative estimate of drug-likeness (QED) is 0.499. The fourth-order valence-electron chi connectivity index (χ4n) is 4.48. The summed E-state index contributed by atoms with van der Waals surface area (Å²) < 4.78 is 6.66. The van der Waals surface area contributed by atoms with Gasteiger partial charge in [0.15, 0.2) is 0 Å². The van der Waals surface area contributed by atoms with E-state index >= 15 is 0 Å². The van der Waals surface area contributed by atoms with Crippen LogP contribution in [-0.2, 0) is 29.0 Å². The molecule has 2 aromatic carbocycles. The van der Waals surface area contributed by atoms with Gasteiger partial charge in [0.1, 0.15) is 12.9 Å². The number of carbonyl (C=O) groups is 2. The van der Waals surface area contributed by atoms with Gasteiger partial charge in [-0.1, -0.05) is 30.9 Å². The standard InChI is InChI=1S/C25H26N6O3/c1-2-19-14-22(31-17-26-27-28-31)5-4-20(19)15-24(32)30-11-9-29(10-12-30)8-7-18-3-6-23-21(13-18)16-34-25(23)33/h2-6,13-14,17H,1,7-12,15-16H2. The summed E-state index contributed by atoms with van der Waals surface area (Å²) in [6, 6.07) is 11.7. The summed E-state index contributed by atoms with van der Waals surface area (Å²) in [4.78, 5) is 28.9. The lowest BCUT2D eigenvalue weighted by molar-refractivity contribution is -0.132. The van der Waals surface area contributed by atoms with Crippen molar-refractivity contribution in [1.82, 2.24) is 30.0 Å². The summed E-state index contributed by atoms with van der Waals surface area (Å²) in [5, 5.41) is 11.2. The van der Waals surface area contributed by atoms with Crippen molar-refractivity contribution in [2.75, 3.05) is 32.7 Å². The number of cyclic esters (lactones) is 1. The van der Waals surface area contributed by atoms with Gasteiger partial charge in [0.05, 0.1) is 17.7 Å². The second-order valence-electron chi connectivity index (χ2n) is 8.56. The molecule has 0 N–H and O–H groups in total. The van der Waals surface area contributed by atoms with Crippen LogP contribution >= 0.6 is 0 Å². The zero-order chi connectivity index (χ0) is 23.5. The third kappa shape index (κ3) is 4.60. The van der Waals surface area contributed by atoms with E-state index < -0.39 is 0 Å². The zero-order valence-electron chi connectivity index (χ0n) is 18.9. The first-order valence-electron chi connectivity index (χ1n) is 11.4. The normalized spacial score (nSPS) is 15.8. The molecular formula is C25H26N6O3. The first kappa shape index (κ1) is 22.0. The lowest BCUT2D eigenvalue weighted by atomic mass is 10.0. The van der Waals surface area contributed by atoms with Gasteiger partial charge >= 0.3 is 5.97 Å². The Labute approximate surface area is 197 Å². The van der Waals surface area contributed by atoms with E-state index in [1.807, 2.05) is 35.2 Å². The first-order chi connectivity index (χ1) is 16.6. The van der Waals surface area contributed by atoms with Crippen LogP contribution in [-0.4, -0.2) is 74.6 Å². The molecule has 0 saturated carbocycles. The monoisotopic (exact) mass is 458 g/mol. The van der Waals surface area contributed by atoms with Crippen molar-refractivity contribution < 1.29 is 14.3 Å². The van der Waals surface area contributed by atoms with E-state index in [4.69, 9.17) is 4.74 Å². The molecule has 0 bridgehead atoms. The number of piperazine rings is 1. The molecule has 3 aromatic rings. The van der Waals surface area contributed by atoms with Crippen LogP contribution in [0, 0.1) is 0 Å². The Morgan fingerprint density at radius 2 is 1.97 bits per heavy atom. The molecule has 0 unspecified atom stereocenters. The maximum atomic E-state index is 13.0. The highest BCUT2D eigenvalue weighted by Gasteiger charge is 2.23. The van der Waals surface area contributed by atoms with Crippen molar-refractivity contribution in [3.63, 3.8) is 0 Å². The Morgan fingerprint density at radius 3 is 2.74 bits per heavy atom. The van der Waals surface area contributed by atoms with Crippen LogP contribution in [0.1, 0.15) is 32.6 Å². The molecule has 174 valence electrons. The van der Waals surface area contributed by atoms with E-state index in [1.54, 1.807) is 10.8 Å². The maximum absolute atomic E-state index is 13.0. The third-order valence-corrected chi connectivity index (χ3v) is 6.49. The molecule has 2 aliphatic rings. The zero-order valence-corrected chi connectivity index (χ0v) is 18.9. The first-order valence-corrected chi connectivity index (χ1v) is 11.4. The SMILES string of the molecule is C=Cc1cc(-n2cnnn2)ccc1CC(=O)N1CCN(CCc2ccc3c(c2)COC3=O)CC1. The number of fused-ring (bicyclic) bond motifs is 1. The van der Waals surface area contributed by atoms with Crippen LogP contribution in [0.15, 0.2) is 49.3 Å². The number of rotatable bonds is 7. The molecule has 1 fully saturated rings. The van der Waals surface area contributed by atoms with Crippen LogP contribution in [0.5, 0.6) is 0 Å². The summed E-state index contributed by atoms with van der Waals surface area (Å²) in [5.41, 5.74) is 5.54. The van der Waals surface area contributed by atoms with Crippen LogP contribution < -0.4 is 0 Å². The summed E-state index contributed by atoms with van der Waals surface area (Å²) in [6.45, 7) is 8.34. The number of amides is 1. The van der Waals surface area contributed by atoms with Gasteiger partial charge < -0.3 is 9.64 Å². The topological polar surface area (TPSA) is 93.5 Å².